The Morgan fingerprint density at radius 3 is 2.58 bits per heavy atom. The van der Waals surface area contributed by atoms with Crippen LogP contribution in [0.5, 0.6) is 5.75 Å². The van der Waals surface area contributed by atoms with Gasteiger partial charge in [-0.2, -0.15) is 0 Å². The number of rotatable bonds is 3. The van der Waals surface area contributed by atoms with Crippen LogP contribution in [-0.4, -0.2) is 31.2 Å². The maximum atomic E-state index is 13.5. The lowest BCUT2D eigenvalue weighted by Crippen LogP contribution is -2.13. The lowest BCUT2D eigenvalue weighted by atomic mass is 10.1. The van der Waals surface area contributed by atoms with Gasteiger partial charge < -0.3 is 9.64 Å². The van der Waals surface area contributed by atoms with Crippen molar-refractivity contribution in [3.8, 4) is 17.1 Å². The van der Waals surface area contributed by atoms with Gasteiger partial charge in [-0.3, -0.25) is 0 Å². The molecule has 0 fully saturated rings. The first-order chi connectivity index (χ1) is 9.02. The number of methoxy groups -OCH3 is 1. The molecule has 0 saturated carbocycles. The van der Waals surface area contributed by atoms with Crippen LogP contribution in [0.3, 0.4) is 0 Å². The fourth-order valence-corrected chi connectivity index (χ4v) is 1.83. The second kappa shape index (κ2) is 5.22. The van der Waals surface area contributed by atoms with E-state index in [2.05, 4.69) is 9.97 Å². The summed E-state index contributed by atoms with van der Waals surface area (Å²) in [6.45, 7) is 1.94. The van der Waals surface area contributed by atoms with Crippen molar-refractivity contribution in [2.45, 2.75) is 6.92 Å². The van der Waals surface area contributed by atoms with Crippen LogP contribution in [0.1, 0.15) is 5.56 Å². The third kappa shape index (κ3) is 2.65. The maximum absolute atomic E-state index is 13.5. The van der Waals surface area contributed by atoms with Gasteiger partial charge in [0.25, 0.3) is 0 Å². The minimum Gasteiger partial charge on any atom is -0.496 e. The number of hydrogen-bond acceptors (Lipinski definition) is 4. The van der Waals surface area contributed by atoms with Crippen molar-refractivity contribution >= 4 is 5.82 Å². The molecule has 2 aromatic rings. The monoisotopic (exact) mass is 261 g/mol. The van der Waals surface area contributed by atoms with Crippen molar-refractivity contribution in [1.29, 1.82) is 0 Å². The van der Waals surface area contributed by atoms with Gasteiger partial charge in [0.05, 0.1) is 13.3 Å². The van der Waals surface area contributed by atoms with Crippen molar-refractivity contribution in [2.75, 3.05) is 26.1 Å². The third-order valence-electron chi connectivity index (χ3n) is 2.80. The SMILES string of the molecule is COc1ccc(-c2ncc(F)c(N(C)C)n2)cc1C. The van der Waals surface area contributed by atoms with Gasteiger partial charge in [-0.1, -0.05) is 0 Å². The minimum absolute atomic E-state index is 0.276. The first-order valence-corrected chi connectivity index (χ1v) is 5.88. The molecular weight excluding hydrogens is 245 g/mol. The van der Waals surface area contributed by atoms with E-state index >= 15 is 0 Å². The Balaban J connectivity index is 2.47. The number of ether oxygens (including phenoxy) is 1. The molecule has 0 bridgehead atoms. The average Bonchev–Trinajstić information content (AvgIpc) is 2.38. The molecule has 0 aliphatic carbocycles. The van der Waals surface area contributed by atoms with Crippen LogP contribution in [0, 0.1) is 12.7 Å². The van der Waals surface area contributed by atoms with E-state index in [0.29, 0.717) is 5.82 Å². The molecule has 0 aliphatic heterocycles. The number of halogens is 1. The van der Waals surface area contributed by atoms with Gasteiger partial charge in [-0.05, 0) is 30.7 Å². The van der Waals surface area contributed by atoms with E-state index in [-0.39, 0.29) is 5.82 Å². The van der Waals surface area contributed by atoms with Crippen LogP contribution in [0.25, 0.3) is 11.4 Å². The van der Waals surface area contributed by atoms with Crippen molar-refractivity contribution in [1.82, 2.24) is 9.97 Å². The highest BCUT2D eigenvalue weighted by Gasteiger charge is 2.11. The van der Waals surface area contributed by atoms with E-state index in [1.54, 1.807) is 26.1 Å². The van der Waals surface area contributed by atoms with Gasteiger partial charge in [-0.15, -0.1) is 0 Å². The number of hydrogen-bond donors (Lipinski definition) is 0. The molecular formula is C14H16FN3O. The summed E-state index contributed by atoms with van der Waals surface area (Å²) in [4.78, 5) is 9.89. The molecule has 4 nitrogen and oxygen atoms in total. The van der Waals surface area contributed by atoms with E-state index in [9.17, 15) is 4.39 Å². The summed E-state index contributed by atoms with van der Waals surface area (Å²) in [6, 6.07) is 5.64. The van der Waals surface area contributed by atoms with Crippen molar-refractivity contribution in [2.24, 2.45) is 0 Å². The lowest BCUT2D eigenvalue weighted by Gasteiger charge is -2.13. The van der Waals surface area contributed by atoms with E-state index in [1.807, 2.05) is 25.1 Å². The number of anilines is 1. The smallest absolute Gasteiger partial charge is 0.183 e. The summed E-state index contributed by atoms with van der Waals surface area (Å²) in [5.74, 6) is 1.15. The summed E-state index contributed by atoms with van der Waals surface area (Å²) >= 11 is 0. The molecule has 0 amide bonds. The highest BCUT2D eigenvalue weighted by molar-refractivity contribution is 5.60. The topological polar surface area (TPSA) is 38.2 Å². The van der Waals surface area contributed by atoms with Gasteiger partial charge in [0.15, 0.2) is 17.5 Å². The predicted molar refractivity (Wildman–Crippen MR) is 73.0 cm³/mol. The molecule has 5 heteroatoms. The van der Waals surface area contributed by atoms with Crippen LogP contribution >= 0.6 is 0 Å². The predicted octanol–water partition coefficient (Wildman–Crippen LogP) is 2.67. The zero-order valence-electron chi connectivity index (χ0n) is 11.4. The quantitative estimate of drug-likeness (QED) is 0.851. The molecule has 0 spiro atoms. The molecule has 1 aromatic carbocycles. The fourth-order valence-electron chi connectivity index (χ4n) is 1.83. The van der Waals surface area contributed by atoms with Crippen LogP contribution in [0.15, 0.2) is 24.4 Å². The molecule has 0 N–H and O–H groups in total. The summed E-state index contributed by atoms with van der Waals surface area (Å²) in [5, 5.41) is 0. The van der Waals surface area contributed by atoms with Gasteiger partial charge in [0.1, 0.15) is 5.75 Å². The molecule has 19 heavy (non-hydrogen) atoms. The summed E-state index contributed by atoms with van der Waals surface area (Å²) in [7, 11) is 5.11. The molecule has 0 radical (unpaired) electrons. The molecule has 0 atom stereocenters. The summed E-state index contributed by atoms with van der Waals surface area (Å²) < 4.78 is 18.8. The van der Waals surface area contributed by atoms with Crippen molar-refractivity contribution in [3.05, 3.63) is 35.8 Å². The molecule has 0 aliphatic rings. The Morgan fingerprint density at radius 1 is 1.26 bits per heavy atom. The molecule has 1 aromatic heterocycles. The lowest BCUT2D eigenvalue weighted by molar-refractivity contribution is 0.412. The normalized spacial score (nSPS) is 10.4. The highest BCUT2D eigenvalue weighted by Crippen LogP contribution is 2.25. The Morgan fingerprint density at radius 2 is 2.00 bits per heavy atom. The largest absolute Gasteiger partial charge is 0.496 e. The van der Waals surface area contributed by atoms with Crippen LogP contribution < -0.4 is 9.64 Å². The van der Waals surface area contributed by atoms with Crippen molar-refractivity contribution in [3.63, 3.8) is 0 Å². The Kier molecular flexibility index (Phi) is 3.64. The number of aromatic nitrogens is 2. The highest BCUT2D eigenvalue weighted by atomic mass is 19.1. The van der Waals surface area contributed by atoms with Gasteiger partial charge in [0, 0.05) is 19.7 Å². The van der Waals surface area contributed by atoms with Gasteiger partial charge in [-0.25, -0.2) is 14.4 Å². The first kappa shape index (κ1) is 13.3. The number of nitrogens with zero attached hydrogens (tertiary/aromatic N) is 3. The van der Waals surface area contributed by atoms with E-state index in [4.69, 9.17) is 4.74 Å². The average molecular weight is 261 g/mol. The second-order valence-electron chi connectivity index (χ2n) is 4.44. The summed E-state index contributed by atoms with van der Waals surface area (Å²) in [6.07, 6.45) is 1.19. The first-order valence-electron chi connectivity index (χ1n) is 5.88. The third-order valence-corrected chi connectivity index (χ3v) is 2.80. The molecule has 100 valence electrons. The van der Waals surface area contributed by atoms with E-state index < -0.39 is 5.82 Å². The standard InChI is InChI=1S/C14H16FN3O/c1-9-7-10(5-6-12(9)19-4)13-16-8-11(15)14(17-13)18(2)3/h5-8H,1-4H3. The Labute approximate surface area is 111 Å². The van der Waals surface area contributed by atoms with E-state index in [1.165, 1.54) is 6.20 Å². The molecule has 0 unspecified atom stereocenters. The van der Waals surface area contributed by atoms with Gasteiger partial charge >= 0.3 is 0 Å². The minimum atomic E-state index is -0.431. The number of aryl methyl sites for hydroxylation is 1. The van der Waals surface area contributed by atoms with Crippen LogP contribution in [0.2, 0.25) is 0 Å². The van der Waals surface area contributed by atoms with Crippen LogP contribution in [0.4, 0.5) is 10.2 Å². The second-order valence-corrected chi connectivity index (χ2v) is 4.44. The zero-order chi connectivity index (χ0) is 14.0. The van der Waals surface area contributed by atoms with Crippen LogP contribution in [-0.2, 0) is 0 Å². The zero-order valence-corrected chi connectivity index (χ0v) is 11.4. The molecule has 2 rings (SSSR count). The van der Waals surface area contributed by atoms with E-state index in [0.717, 1.165) is 16.9 Å². The number of benzene rings is 1. The molecule has 1 heterocycles. The molecule has 0 saturated heterocycles. The maximum Gasteiger partial charge on any atom is 0.183 e. The Bertz CT molecular complexity index is 599. The summed E-state index contributed by atoms with van der Waals surface area (Å²) in [5.41, 5.74) is 1.82. The fraction of sp³-hybridized carbons (Fsp3) is 0.286. The Hall–Kier alpha value is -2.17. The van der Waals surface area contributed by atoms with Crippen molar-refractivity contribution < 1.29 is 9.13 Å². The van der Waals surface area contributed by atoms with Gasteiger partial charge in [0.2, 0.25) is 0 Å².